The summed E-state index contributed by atoms with van der Waals surface area (Å²) in [6.45, 7) is 0. The van der Waals surface area contributed by atoms with Gasteiger partial charge >= 0.3 is 0 Å². The summed E-state index contributed by atoms with van der Waals surface area (Å²) in [5.74, 6) is -0.441. The summed E-state index contributed by atoms with van der Waals surface area (Å²) < 4.78 is 0.894. The molecule has 88 valence electrons. The maximum Gasteiger partial charge on any atom is 0.233 e. The van der Waals surface area contributed by atoms with Crippen molar-refractivity contribution in [3.63, 3.8) is 0 Å². The van der Waals surface area contributed by atoms with Gasteiger partial charge in [0.25, 0.3) is 0 Å². The molecule has 1 aromatic carbocycles. The molecule has 0 aliphatic heterocycles. The highest BCUT2D eigenvalue weighted by molar-refractivity contribution is 9.10. The Labute approximate surface area is 108 Å². The van der Waals surface area contributed by atoms with Crippen LogP contribution < -0.4 is 11.5 Å². The fourth-order valence-corrected chi connectivity index (χ4v) is 2.48. The molecule has 2 rings (SSSR count). The quantitative estimate of drug-likeness (QED) is 0.870. The molecule has 4 heteroatoms. The molecule has 0 saturated heterocycles. The number of carbonyl (C=O) groups is 1. The van der Waals surface area contributed by atoms with Crippen molar-refractivity contribution < 1.29 is 4.79 Å². The Morgan fingerprint density at radius 3 is 2.71 bits per heavy atom. The molecule has 0 spiro atoms. The monoisotopic (exact) mass is 292 g/mol. The Morgan fingerprint density at radius 2 is 2.12 bits per heavy atom. The van der Waals surface area contributed by atoms with Gasteiger partial charge in [0.2, 0.25) is 5.91 Å². The minimum absolute atomic E-state index is 0.441. The Bertz CT molecular complexity index is 510. The molecule has 3 nitrogen and oxygen atoms in total. The smallest absolute Gasteiger partial charge is 0.233 e. The second-order valence-corrected chi connectivity index (χ2v) is 4.93. The Balaban J connectivity index is 2.60. The normalized spacial score (nSPS) is 27.1. The van der Waals surface area contributed by atoms with Gasteiger partial charge in [-0.1, -0.05) is 52.4 Å². The van der Waals surface area contributed by atoms with E-state index in [0.29, 0.717) is 0 Å². The highest BCUT2D eigenvalue weighted by Crippen LogP contribution is 2.33. The summed E-state index contributed by atoms with van der Waals surface area (Å²) in [6.07, 6.45) is 7.17. The lowest BCUT2D eigenvalue weighted by Crippen LogP contribution is -2.53. The van der Waals surface area contributed by atoms with Crippen LogP contribution >= 0.6 is 15.9 Å². The number of rotatable bonds is 2. The third-order valence-electron chi connectivity index (χ3n) is 3.02. The number of hydrogen-bond acceptors (Lipinski definition) is 2. The van der Waals surface area contributed by atoms with Crippen molar-refractivity contribution in [2.24, 2.45) is 11.5 Å². The van der Waals surface area contributed by atoms with E-state index in [9.17, 15) is 4.79 Å². The summed E-state index contributed by atoms with van der Waals surface area (Å²) in [5, 5.41) is 0. The van der Waals surface area contributed by atoms with Gasteiger partial charge in [-0.05, 0) is 17.7 Å². The minimum atomic E-state index is -0.960. The molecule has 1 aromatic rings. The van der Waals surface area contributed by atoms with Crippen LogP contribution in [0.2, 0.25) is 0 Å². The zero-order valence-corrected chi connectivity index (χ0v) is 10.7. The van der Waals surface area contributed by atoms with Gasteiger partial charge in [-0.2, -0.15) is 0 Å². The van der Waals surface area contributed by atoms with E-state index in [1.54, 1.807) is 18.2 Å². The van der Waals surface area contributed by atoms with E-state index in [1.807, 2.05) is 30.3 Å². The third kappa shape index (κ3) is 1.94. The highest BCUT2D eigenvalue weighted by Gasteiger charge is 2.41. The summed E-state index contributed by atoms with van der Waals surface area (Å²) in [7, 11) is 0. The van der Waals surface area contributed by atoms with Crippen LogP contribution in [0.1, 0.15) is 5.56 Å². The Kier molecular flexibility index (Phi) is 3.17. The molecular weight excluding hydrogens is 280 g/mol. The molecule has 0 saturated carbocycles. The molecular formula is C13H13BrN2O. The predicted molar refractivity (Wildman–Crippen MR) is 71.3 cm³/mol. The van der Waals surface area contributed by atoms with Crippen LogP contribution in [-0.2, 0) is 10.2 Å². The lowest BCUT2D eigenvalue weighted by atomic mass is 9.71. The van der Waals surface area contributed by atoms with Crippen molar-refractivity contribution >= 4 is 21.8 Å². The number of nitrogens with two attached hydrogens (primary N) is 2. The Morgan fingerprint density at radius 1 is 1.35 bits per heavy atom. The molecule has 0 bridgehead atoms. The number of allylic oxidation sites excluding steroid dienone is 2. The molecule has 4 N–H and O–H groups in total. The summed E-state index contributed by atoms with van der Waals surface area (Å²) in [6, 6.07) is 7.04. The first-order valence-electron chi connectivity index (χ1n) is 5.25. The first-order chi connectivity index (χ1) is 8.07. The third-order valence-corrected chi connectivity index (χ3v) is 3.52. The average Bonchev–Trinajstić information content (AvgIpc) is 2.29. The van der Waals surface area contributed by atoms with Crippen LogP contribution in [0, 0.1) is 0 Å². The number of amides is 1. The molecule has 1 aliphatic carbocycles. The summed E-state index contributed by atoms with van der Waals surface area (Å²) in [5.41, 5.74) is 11.4. The molecule has 0 fully saturated rings. The zero-order chi connectivity index (χ0) is 12.5. The van der Waals surface area contributed by atoms with E-state index >= 15 is 0 Å². The van der Waals surface area contributed by atoms with Crippen LogP contribution in [-0.4, -0.2) is 11.9 Å². The number of carbonyl (C=O) groups excluding carboxylic acids is 1. The van der Waals surface area contributed by atoms with Crippen molar-refractivity contribution in [1.82, 2.24) is 0 Å². The van der Waals surface area contributed by atoms with Crippen LogP contribution in [0.4, 0.5) is 0 Å². The largest absolute Gasteiger partial charge is 0.369 e. The maximum atomic E-state index is 11.8. The first-order valence-corrected chi connectivity index (χ1v) is 6.04. The van der Waals surface area contributed by atoms with Crippen molar-refractivity contribution in [2.45, 2.75) is 11.5 Å². The fourth-order valence-electron chi connectivity index (χ4n) is 2.08. The molecule has 1 amide bonds. The van der Waals surface area contributed by atoms with E-state index in [1.165, 1.54) is 0 Å². The van der Waals surface area contributed by atoms with Gasteiger partial charge in [0, 0.05) is 10.5 Å². The minimum Gasteiger partial charge on any atom is -0.369 e. The van der Waals surface area contributed by atoms with Crippen molar-refractivity contribution in [1.29, 1.82) is 0 Å². The average molecular weight is 293 g/mol. The standard InChI is InChI=1S/C13H13BrN2O/c14-10-5-3-4-9(8-10)13(12(16)17)7-2-1-6-11(13)15/h1-8,11H,15H2,(H2,16,17). The van der Waals surface area contributed by atoms with Crippen LogP contribution in [0.5, 0.6) is 0 Å². The SMILES string of the molecule is NC(=O)C1(c2cccc(Br)c2)C=CC=CC1N. The molecule has 0 heterocycles. The van der Waals surface area contributed by atoms with E-state index in [4.69, 9.17) is 11.5 Å². The van der Waals surface area contributed by atoms with Crippen molar-refractivity contribution in [2.75, 3.05) is 0 Å². The van der Waals surface area contributed by atoms with Gasteiger partial charge in [-0.3, -0.25) is 4.79 Å². The Hall–Kier alpha value is -1.39. The maximum absolute atomic E-state index is 11.8. The number of primary amides is 1. The molecule has 0 aromatic heterocycles. The second-order valence-electron chi connectivity index (χ2n) is 4.01. The predicted octanol–water partition coefficient (Wildman–Crippen LogP) is 1.63. The van der Waals surface area contributed by atoms with E-state index in [-0.39, 0.29) is 0 Å². The topological polar surface area (TPSA) is 69.1 Å². The summed E-state index contributed by atoms with van der Waals surface area (Å²) in [4.78, 5) is 11.8. The lowest BCUT2D eigenvalue weighted by molar-refractivity contribution is -0.122. The van der Waals surface area contributed by atoms with Gasteiger partial charge in [0.05, 0.1) is 0 Å². The van der Waals surface area contributed by atoms with Crippen LogP contribution in [0.3, 0.4) is 0 Å². The van der Waals surface area contributed by atoms with Gasteiger partial charge in [0.15, 0.2) is 0 Å². The molecule has 1 aliphatic rings. The van der Waals surface area contributed by atoms with Gasteiger partial charge in [-0.15, -0.1) is 0 Å². The second kappa shape index (κ2) is 4.47. The van der Waals surface area contributed by atoms with E-state index < -0.39 is 17.4 Å². The van der Waals surface area contributed by atoms with E-state index in [2.05, 4.69) is 15.9 Å². The van der Waals surface area contributed by atoms with Crippen molar-refractivity contribution in [3.8, 4) is 0 Å². The molecule has 2 unspecified atom stereocenters. The molecule has 0 radical (unpaired) electrons. The van der Waals surface area contributed by atoms with Crippen LogP contribution in [0.15, 0.2) is 53.0 Å². The number of halogens is 1. The first kappa shape index (κ1) is 12.1. The van der Waals surface area contributed by atoms with E-state index in [0.717, 1.165) is 10.0 Å². The van der Waals surface area contributed by atoms with Gasteiger partial charge < -0.3 is 11.5 Å². The molecule has 2 atom stereocenters. The highest BCUT2D eigenvalue weighted by atomic mass is 79.9. The summed E-state index contributed by atoms with van der Waals surface area (Å²) >= 11 is 3.39. The number of benzene rings is 1. The van der Waals surface area contributed by atoms with Crippen LogP contribution in [0.25, 0.3) is 0 Å². The van der Waals surface area contributed by atoms with Crippen molar-refractivity contribution in [3.05, 3.63) is 58.6 Å². The number of hydrogen-bond donors (Lipinski definition) is 2. The van der Waals surface area contributed by atoms with Gasteiger partial charge in [0.1, 0.15) is 5.41 Å². The fraction of sp³-hybridized carbons (Fsp3) is 0.154. The zero-order valence-electron chi connectivity index (χ0n) is 9.14. The lowest BCUT2D eigenvalue weighted by Gasteiger charge is -2.34. The molecule has 17 heavy (non-hydrogen) atoms. The van der Waals surface area contributed by atoms with Gasteiger partial charge in [-0.25, -0.2) is 0 Å².